The van der Waals surface area contributed by atoms with Crippen LogP contribution in [-0.2, 0) is 4.79 Å². The lowest BCUT2D eigenvalue weighted by Gasteiger charge is -2.32. The third kappa shape index (κ3) is 3.15. The number of carbonyl (C=O) groups excluding carboxylic acids is 2. The molecule has 0 saturated carbocycles. The number of carbonyl (C=O) groups is 2. The lowest BCUT2D eigenvalue weighted by Crippen LogP contribution is -2.31. The van der Waals surface area contributed by atoms with Gasteiger partial charge < -0.3 is 4.74 Å². The van der Waals surface area contributed by atoms with E-state index in [4.69, 9.17) is 16.3 Å². The maximum absolute atomic E-state index is 13.3. The minimum absolute atomic E-state index is 0.184. The van der Waals surface area contributed by atoms with E-state index >= 15 is 0 Å². The molecule has 0 aromatic heterocycles. The van der Waals surface area contributed by atoms with E-state index in [0.717, 1.165) is 11.1 Å². The van der Waals surface area contributed by atoms with Crippen molar-refractivity contribution < 1.29 is 14.3 Å². The lowest BCUT2D eigenvalue weighted by atomic mass is 9.74. The molecule has 0 aliphatic carbocycles. The van der Waals surface area contributed by atoms with Crippen LogP contribution in [0.15, 0.2) is 72.8 Å². The zero-order valence-electron chi connectivity index (χ0n) is 14.7. The number of hydrogen-bond acceptors (Lipinski definition) is 3. The molecule has 4 heteroatoms. The van der Waals surface area contributed by atoms with E-state index in [0.29, 0.717) is 22.1 Å². The number of halogens is 1. The Bertz CT molecular complexity index is 1030. The van der Waals surface area contributed by atoms with Gasteiger partial charge in [-0.25, -0.2) is 0 Å². The van der Waals surface area contributed by atoms with E-state index in [1.165, 1.54) is 6.92 Å². The molecule has 0 radical (unpaired) electrons. The van der Waals surface area contributed by atoms with E-state index in [2.05, 4.69) is 0 Å². The molecule has 1 aliphatic heterocycles. The molecule has 3 aromatic rings. The maximum Gasteiger partial charge on any atom is 0.174 e. The molecule has 0 N–H and O–H groups in total. The summed E-state index contributed by atoms with van der Waals surface area (Å²) in [5.74, 6) is -0.407. The molecule has 0 spiro atoms. The minimum Gasteiger partial charge on any atom is -0.457 e. The molecule has 1 heterocycles. The summed E-state index contributed by atoms with van der Waals surface area (Å²) in [5.41, 5.74) is 2.09. The Morgan fingerprint density at radius 2 is 1.56 bits per heavy atom. The highest BCUT2D eigenvalue weighted by Crippen LogP contribution is 2.48. The smallest absolute Gasteiger partial charge is 0.174 e. The van der Waals surface area contributed by atoms with E-state index in [1.807, 2.05) is 30.3 Å². The van der Waals surface area contributed by atoms with Crippen molar-refractivity contribution in [1.29, 1.82) is 0 Å². The predicted octanol–water partition coefficient (Wildman–Crippen LogP) is 5.67. The highest BCUT2D eigenvalue weighted by Gasteiger charge is 2.40. The molecule has 0 amide bonds. The summed E-state index contributed by atoms with van der Waals surface area (Å²) in [4.78, 5) is 26.0. The number of fused-ring (bicyclic) bond motifs is 2. The Kier molecular flexibility index (Phi) is 4.54. The first-order valence-electron chi connectivity index (χ1n) is 8.72. The average molecular weight is 377 g/mol. The zero-order chi connectivity index (χ0) is 19.0. The third-order valence-electron chi connectivity index (χ3n) is 4.89. The molecule has 4 rings (SSSR count). The summed E-state index contributed by atoms with van der Waals surface area (Å²) in [6.07, 6.45) is 0. The van der Waals surface area contributed by atoms with Gasteiger partial charge in [-0.15, -0.1) is 0 Å². The van der Waals surface area contributed by atoms with Gasteiger partial charge in [0.2, 0.25) is 0 Å². The average Bonchev–Trinajstić information content (AvgIpc) is 2.68. The first-order chi connectivity index (χ1) is 13.1. The Hall–Kier alpha value is -2.91. The zero-order valence-corrected chi connectivity index (χ0v) is 15.4. The Balaban J connectivity index is 1.91. The van der Waals surface area contributed by atoms with Crippen LogP contribution in [0.3, 0.4) is 0 Å². The van der Waals surface area contributed by atoms with E-state index in [1.54, 1.807) is 42.5 Å². The number of para-hydroxylation sites is 1. The molecule has 27 heavy (non-hydrogen) atoms. The van der Waals surface area contributed by atoms with Gasteiger partial charge in [-0.2, -0.15) is 0 Å². The first-order valence-corrected chi connectivity index (χ1v) is 9.10. The largest absolute Gasteiger partial charge is 0.457 e. The molecule has 3 aromatic carbocycles. The van der Waals surface area contributed by atoms with Gasteiger partial charge >= 0.3 is 0 Å². The fraction of sp³-hybridized carbons (Fsp3) is 0.130. The van der Waals surface area contributed by atoms with E-state index in [-0.39, 0.29) is 11.6 Å². The van der Waals surface area contributed by atoms with Crippen LogP contribution in [0, 0.1) is 5.92 Å². The molecular weight excluding hydrogens is 360 g/mol. The van der Waals surface area contributed by atoms with Crippen LogP contribution in [0.1, 0.15) is 34.3 Å². The quantitative estimate of drug-likeness (QED) is 0.435. The second-order valence-electron chi connectivity index (χ2n) is 6.62. The lowest BCUT2D eigenvalue weighted by molar-refractivity contribution is -0.119. The van der Waals surface area contributed by atoms with Gasteiger partial charge in [0.25, 0.3) is 0 Å². The van der Waals surface area contributed by atoms with Gasteiger partial charge in [0, 0.05) is 27.6 Å². The van der Waals surface area contributed by atoms with Crippen molar-refractivity contribution in [3.05, 3.63) is 94.5 Å². The Morgan fingerprint density at radius 1 is 0.889 bits per heavy atom. The summed E-state index contributed by atoms with van der Waals surface area (Å²) >= 11 is 6.22. The number of ether oxygens (including phenoxy) is 1. The fourth-order valence-electron chi connectivity index (χ4n) is 3.68. The summed E-state index contributed by atoms with van der Waals surface area (Å²) in [7, 11) is 0. The SMILES string of the molecule is CC(=O)[C@H](C(=O)c1ccccc1)[C@@H]1c2ccccc2Oc2ccc(Cl)cc21. The molecule has 0 saturated heterocycles. The van der Waals surface area contributed by atoms with Crippen LogP contribution in [-0.4, -0.2) is 11.6 Å². The van der Waals surface area contributed by atoms with Crippen molar-refractivity contribution >= 4 is 23.2 Å². The van der Waals surface area contributed by atoms with Gasteiger partial charge in [-0.3, -0.25) is 9.59 Å². The Labute approximate surface area is 162 Å². The van der Waals surface area contributed by atoms with Crippen molar-refractivity contribution in [3.8, 4) is 11.5 Å². The van der Waals surface area contributed by atoms with Crippen molar-refractivity contribution in [2.24, 2.45) is 5.92 Å². The molecule has 2 atom stereocenters. The predicted molar refractivity (Wildman–Crippen MR) is 105 cm³/mol. The number of benzene rings is 3. The monoisotopic (exact) mass is 376 g/mol. The molecule has 0 fully saturated rings. The number of hydrogen-bond donors (Lipinski definition) is 0. The summed E-state index contributed by atoms with van der Waals surface area (Å²) in [5, 5.41) is 0.538. The van der Waals surface area contributed by atoms with Gasteiger partial charge in [-0.1, -0.05) is 60.1 Å². The van der Waals surface area contributed by atoms with Crippen molar-refractivity contribution in [2.45, 2.75) is 12.8 Å². The standard InChI is InChI=1S/C23H17ClO3/c1-14(25)21(23(26)15-7-3-2-4-8-15)22-17-9-5-6-10-19(17)27-20-12-11-16(24)13-18(20)22/h2-13,21-22H,1H3/t21-,22+/m0/s1. The van der Waals surface area contributed by atoms with Crippen molar-refractivity contribution in [3.63, 3.8) is 0 Å². The summed E-state index contributed by atoms with van der Waals surface area (Å²) in [6, 6.07) is 21.7. The highest BCUT2D eigenvalue weighted by atomic mass is 35.5. The normalized spacial score (nSPS) is 15.9. The highest BCUT2D eigenvalue weighted by molar-refractivity contribution is 6.30. The second kappa shape index (κ2) is 7.01. The minimum atomic E-state index is -0.852. The molecular formula is C23H17ClO3. The fourth-order valence-corrected chi connectivity index (χ4v) is 3.86. The van der Waals surface area contributed by atoms with Gasteiger partial charge in [0.1, 0.15) is 17.3 Å². The molecule has 0 bridgehead atoms. The second-order valence-corrected chi connectivity index (χ2v) is 7.05. The van der Waals surface area contributed by atoms with Crippen LogP contribution >= 0.6 is 11.6 Å². The first kappa shape index (κ1) is 17.5. The number of Topliss-reactive ketones (excluding diaryl/α,β-unsaturated/α-hetero) is 2. The molecule has 3 nitrogen and oxygen atoms in total. The number of rotatable bonds is 4. The van der Waals surface area contributed by atoms with Gasteiger partial charge in [0.05, 0.1) is 5.92 Å². The molecule has 1 aliphatic rings. The van der Waals surface area contributed by atoms with Crippen molar-refractivity contribution in [2.75, 3.05) is 0 Å². The van der Waals surface area contributed by atoms with E-state index in [9.17, 15) is 9.59 Å². The summed E-state index contributed by atoms with van der Waals surface area (Å²) in [6.45, 7) is 1.47. The Morgan fingerprint density at radius 3 is 2.30 bits per heavy atom. The molecule has 0 unspecified atom stereocenters. The van der Waals surface area contributed by atoms with Crippen molar-refractivity contribution in [1.82, 2.24) is 0 Å². The maximum atomic E-state index is 13.3. The van der Waals surface area contributed by atoms with Crippen LogP contribution < -0.4 is 4.74 Å². The van der Waals surface area contributed by atoms with E-state index < -0.39 is 11.8 Å². The number of ketones is 2. The van der Waals surface area contributed by atoms with Crippen LogP contribution in [0.4, 0.5) is 0 Å². The molecule has 134 valence electrons. The third-order valence-corrected chi connectivity index (χ3v) is 5.13. The topological polar surface area (TPSA) is 43.4 Å². The van der Waals surface area contributed by atoms with Crippen LogP contribution in [0.5, 0.6) is 11.5 Å². The van der Waals surface area contributed by atoms with Crippen LogP contribution in [0.25, 0.3) is 0 Å². The van der Waals surface area contributed by atoms with Gasteiger partial charge in [0.15, 0.2) is 5.78 Å². The van der Waals surface area contributed by atoms with Gasteiger partial charge in [-0.05, 0) is 31.2 Å². The van der Waals surface area contributed by atoms with Crippen LogP contribution in [0.2, 0.25) is 5.02 Å². The summed E-state index contributed by atoms with van der Waals surface area (Å²) < 4.78 is 6.00.